The van der Waals surface area contributed by atoms with E-state index < -0.39 is 5.41 Å². The van der Waals surface area contributed by atoms with Crippen LogP contribution in [-0.2, 0) is 9.59 Å². The van der Waals surface area contributed by atoms with E-state index in [4.69, 9.17) is 11.6 Å². The van der Waals surface area contributed by atoms with Gasteiger partial charge in [0, 0.05) is 11.8 Å². The number of carbonyl (C=O) groups excluding carboxylic acids is 2. The molecule has 0 bridgehead atoms. The fourth-order valence-corrected chi connectivity index (χ4v) is 10.8. The largest absolute Gasteiger partial charge is 0.299 e. The van der Waals surface area contributed by atoms with Crippen LogP contribution in [0.25, 0.3) is 0 Å². The minimum atomic E-state index is -0.426. The van der Waals surface area contributed by atoms with E-state index in [1.54, 1.807) is 0 Å². The highest BCUT2D eigenvalue weighted by Gasteiger charge is 2.69. The van der Waals surface area contributed by atoms with Crippen LogP contribution in [0, 0.1) is 50.2 Å². The lowest BCUT2D eigenvalue weighted by Gasteiger charge is -2.71. The van der Waals surface area contributed by atoms with Crippen LogP contribution in [-0.4, -0.2) is 11.0 Å². The topological polar surface area (TPSA) is 34.1 Å². The SMILES string of the molecule is CC1(C)C=C2[C@H]3CC[C@@H]4[C@@]5(C)CCC(=O)C(C)(C)[C@@H]5CC[C@@]4(C)[C@]3(C)CC[C@@]2(C(=O)Cl)CC1. The number of ketones is 1. The van der Waals surface area contributed by atoms with E-state index in [2.05, 4.69) is 54.5 Å². The molecule has 2 nitrogen and oxygen atoms in total. The molecule has 5 aliphatic rings. The summed E-state index contributed by atoms with van der Waals surface area (Å²) in [6, 6.07) is 0. The molecule has 33 heavy (non-hydrogen) atoms. The summed E-state index contributed by atoms with van der Waals surface area (Å²) in [5.74, 6) is 2.07. The van der Waals surface area contributed by atoms with Crippen LogP contribution >= 0.6 is 11.6 Å². The first-order valence-electron chi connectivity index (χ1n) is 13.6. The molecule has 0 aromatic rings. The van der Waals surface area contributed by atoms with Crippen LogP contribution in [0.4, 0.5) is 0 Å². The van der Waals surface area contributed by atoms with E-state index in [-0.39, 0.29) is 32.3 Å². The maximum Gasteiger partial charge on any atom is 0.231 e. The third kappa shape index (κ3) is 2.91. The summed E-state index contributed by atoms with van der Waals surface area (Å²) in [7, 11) is 0. The van der Waals surface area contributed by atoms with Crippen molar-refractivity contribution in [1.82, 2.24) is 0 Å². The van der Waals surface area contributed by atoms with E-state index in [0.717, 1.165) is 44.9 Å². The zero-order chi connectivity index (χ0) is 24.2. The van der Waals surface area contributed by atoms with Crippen molar-refractivity contribution in [3.05, 3.63) is 11.6 Å². The molecule has 0 saturated heterocycles. The van der Waals surface area contributed by atoms with Gasteiger partial charge in [-0.15, -0.1) is 0 Å². The number of fused-ring (bicyclic) bond motifs is 7. The molecule has 4 saturated carbocycles. The summed E-state index contributed by atoms with van der Waals surface area (Å²) >= 11 is 6.41. The number of rotatable bonds is 1. The Morgan fingerprint density at radius 1 is 0.818 bits per heavy atom. The zero-order valence-corrected chi connectivity index (χ0v) is 22.8. The highest BCUT2D eigenvalue weighted by molar-refractivity contribution is 6.65. The van der Waals surface area contributed by atoms with Crippen LogP contribution in [0.1, 0.15) is 113 Å². The van der Waals surface area contributed by atoms with Crippen molar-refractivity contribution in [2.24, 2.45) is 50.2 Å². The first-order chi connectivity index (χ1) is 15.1. The Balaban J connectivity index is 1.59. The number of halogens is 1. The molecule has 0 spiro atoms. The van der Waals surface area contributed by atoms with Crippen molar-refractivity contribution in [3.8, 4) is 0 Å². The van der Waals surface area contributed by atoms with E-state index in [0.29, 0.717) is 23.5 Å². The third-order valence-corrected chi connectivity index (χ3v) is 13.1. The number of carbonyl (C=O) groups is 2. The molecular formula is C30H45ClO2. The highest BCUT2D eigenvalue weighted by atomic mass is 35.5. The molecule has 0 radical (unpaired) electrons. The van der Waals surface area contributed by atoms with E-state index >= 15 is 0 Å². The van der Waals surface area contributed by atoms with Gasteiger partial charge >= 0.3 is 0 Å². The Hall–Kier alpha value is -0.630. The van der Waals surface area contributed by atoms with Crippen molar-refractivity contribution >= 4 is 22.6 Å². The fraction of sp³-hybridized carbons (Fsp3) is 0.867. The highest BCUT2D eigenvalue weighted by Crippen LogP contribution is 2.76. The van der Waals surface area contributed by atoms with Gasteiger partial charge in [-0.2, -0.15) is 0 Å². The van der Waals surface area contributed by atoms with Gasteiger partial charge in [0.2, 0.25) is 5.24 Å². The number of allylic oxidation sites excluding steroid dienone is 2. The molecule has 0 heterocycles. The van der Waals surface area contributed by atoms with Crippen molar-refractivity contribution in [1.29, 1.82) is 0 Å². The smallest absolute Gasteiger partial charge is 0.231 e. The summed E-state index contributed by atoms with van der Waals surface area (Å²) in [6.45, 7) is 16.8. The van der Waals surface area contributed by atoms with Crippen LogP contribution in [0.5, 0.6) is 0 Å². The van der Waals surface area contributed by atoms with Gasteiger partial charge in [0.05, 0.1) is 5.41 Å². The fourth-order valence-electron chi connectivity index (χ4n) is 10.5. The van der Waals surface area contributed by atoms with Gasteiger partial charge in [0.15, 0.2) is 0 Å². The maximum atomic E-state index is 12.9. The zero-order valence-electron chi connectivity index (χ0n) is 22.1. The first kappa shape index (κ1) is 24.1. The Morgan fingerprint density at radius 3 is 2.15 bits per heavy atom. The lowest BCUT2D eigenvalue weighted by Crippen LogP contribution is -2.65. The second-order valence-corrected chi connectivity index (χ2v) is 15.0. The number of hydrogen-bond donors (Lipinski definition) is 0. The summed E-state index contributed by atoms with van der Waals surface area (Å²) < 4.78 is 0. The molecule has 4 fully saturated rings. The van der Waals surface area contributed by atoms with Gasteiger partial charge < -0.3 is 0 Å². The lowest BCUT2D eigenvalue weighted by molar-refractivity contribution is -0.211. The molecule has 0 amide bonds. The lowest BCUT2D eigenvalue weighted by atomic mass is 9.32. The maximum absolute atomic E-state index is 12.9. The molecule has 3 heteroatoms. The Bertz CT molecular complexity index is 930. The number of Topliss-reactive ketones (excluding diaryl/α,β-unsaturated/α-hetero) is 1. The normalized spacial score (nSPS) is 50.2. The molecule has 0 aliphatic heterocycles. The van der Waals surface area contributed by atoms with Crippen LogP contribution in [0.2, 0.25) is 0 Å². The quantitative estimate of drug-likeness (QED) is 0.285. The summed E-state index contributed by atoms with van der Waals surface area (Å²) in [4.78, 5) is 25.9. The summed E-state index contributed by atoms with van der Waals surface area (Å²) in [5.41, 5.74) is 1.57. The van der Waals surface area contributed by atoms with Crippen LogP contribution < -0.4 is 0 Å². The second kappa shape index (κ2) is 6.98. The minimum absolute atomic E-state index is 0.109. The van der Waals surface area contributed by atoms with Gasteiger partial charge in [0.1, 0.15) is 5.78 Å². The summed E-state index contributed by atoms with van der Waals surface area (Å²) in [6.07, 6.45) is 13.0. The van der Waals surface area contributed by atoms with Gasteiger partial charge in [0.25, 0.3) is 0 Å². The number of hydrogen-bond acceptors (Lipinski definition) is 2. The van der Waals surface area contributed by atoms with Gasteiger partial charge in [-0.25, -0.2) is 0 Å². The Labute approximate surface area is 206 Å². The average molecular weight is 473 g/mol. The third-order valence-electron chi connectivity index (χ3n) is 12.7. The second-order valence-electron chi connectivity index (χ2n) is 14.7. The molecular weight excluding hydrogens is 428 g/mol. The van der Waals surface area contributed by atoms with Crippen LogP contribution in [0.3, 0.4) is 0 Å². The van der Waals surface area contributed by atoms with E-state index in [9.17, 15) is 9.59 Å². The van der Waals surface area contributed by atoms with Crippen molar-refractivity contribution in [3.63, 3.8) is 0 Å². The molecule has 0 unspecified atom stereocenters. The van der Waals surface area contributed by atoms with Crippen molar-refractivity contribution < 1.29 is 9.59 Å². The molecule has 5 rings (SSSR count). The molecule has 0 aromatic heterocycles. The van der Waals surface area contributed by atoms with Gasteiger partial charge in [-0.05, 0) is 109 Å². The Kier molecular flexibility index (Phi) is 5.10. The summed E-state index contributed by atoms with van der Waals surface area (Å²) in [5, 5.41) is -0.109. The monoisotopic (exact) mass is 472 g/mol. The van der Waals surface area contributed by atoms with Crippen molar-refractivity contribution in [2.75, 3.05) is 0 Å². The predicted octanol–water partition coefficient (Wildman–Crippen LogP) is 8.12. The van der Waals surface area contributed by atoms with Crippen LogP contribution in [0.15, 0.2) is 11.6 Å². The molecule has 184 valence electrons. The standard InChI is InChI=1S/C30H45ClO2/c1-25(2)14-16-30(24(31)33)17-15-28(6)19(20(30)18-25)8-9-22-27(5)12-11-23(32)26(3,4)21(27)10-13-29(22,28)7/h18-19,21-22H,8-17H2,1-7H3/t19-,21+,22-,27+,28-,29-,30+/m1/s1. The Morgan fingerprint density at radius 2 is 1.48 bits per heavy atom. The van der Waals surface area contributed by atoms with E-state index in [1.807, 2.05) is 0 Å². The molecule has 7 atom stereocenters. The average Bonchev–Trinajstić information content (AvgIpc) is 2.71. The van der Waals surface area contributed by atoms with Gasteiger partial charge in [-0.1, -0.05) is 60.1 Å². The molecule has 0 N–H and O–H groups in total. The van der Waals surface area contributed by atoms with Gasteiger partial charge in [-0.3, -0.25) is 9.59 Å². The van der Waals surface area contributed by atoms with E-state index in [1.165, 1.54) is 24.8 Å². The van der Waals surface area contributed by atoms with Crippen molar-refractivity contribution in [2.45, 2.75) is 113 Å². The minimum Gasteiger partial charge on any atom is -0.299 e. The first-order valence-corrected chi connectivity index (χ1v) is 14.0. The molecule has 5 aliphatic carbocycles. The predicted molar refractivity (Wildman–Crippen MR) is 135 cm³/mol. The molecule has 0 aromatic carbocycles.